The maximum absolute atomic E-state index is 12.5. The summed E-state index contributed by atoms with van der Waals surface area (Å²) < 4.78 is 29.4. The fourth-order valence-corrected chi connectivity index (χ4v) is 4.04. The summed E-state index contributed by atoms with van der Waals surface area (Å²) in [5.41, 5.74) is 1.33. The van der Waals surface area contributed by atoms with Crippen molar-refractivity contribution in [2.45, 2.75) is 19.0 Å². The molecule has 10 heteroatoms. The zero-order valence-electron chi connectivity index (χ0n) is 14.7. The molecule has 1 atom stereocenters. The maximum atomic E-state index is 12.5. The summed E-state index contributed by atoms with van der Waals surface area (Å²) in [6.45, 7) is 1.02. The molecule has 1 amide bonds. The monoisotopic (exact) mass is 378 g/mol. The Bertz CT molecular complexity index is 865. The number of aromatic nitrogens is 3. The van der Waals surface area contributed by atoms with Crippen molar-refractivity contribution in [1.82, 2.24) is 28.7 Å². The molecule has 3 heterocycles. The molecule has 0 aliphatic carbocycles. The second kappa shape index (κ2) is 7.52. The van der Waals surface area contributed by atoms with Crippen LogP contribution in [0.2, 0.25) is 0 Å². The van der Waals surface area contributed by atoms with Gasteiger partial charge in [-0.3, -0.25) is 14.5 Å². The van der Waals surface area contributed by atoms with Crippen LogP contribution in [0, 0.1) is 0 Å². The lowest BCUT2D eigenvalue weighted by molar-refractivity contribution is 0.0949. The molecule has 2 aromatic heterocycles. The lowest BCUT2D eigenvalue weighted by Crippen LogP contribution is -2.46. The van der Waals surface area contributed by atoms with Crippen molar-refractivity contribution < 1.29 is 13.2 Å². The van der Waals surface area contributed by atoms with E-state index in [2.05, 4.69) is 15.4 Å². The fourth-order valence-electron chi connectivity index (χ4n) is 2.93. The van der Waals surface area contributed by atoms with Gasteiger partial charge < -0.3 is 5.32 Å². The van der Waals surface area contributed by atoms with Gasteiger partial charge in [0, 0.05) is 45.8 Å². The van der Waals surface area contributed by atoms with Crippen LogP contribution in [0.25, 0.3) is 0 Å². The first-order chi connectivity index (χ1) is 12.4. The Kier molecular flexibility index (Phi) is 5.35. The lowest BCUT2D eigenvalue weighted by Gasteiger charge is -2.34. The summed E-state index contributed by atoms with van der Waals surface area (Å²) >= 11 is 0. The fraction of sp³-hybridized carbons (Fsp3) is 0.438. The molecule has 0 spiro atoms. The predicted octanol–water partition coefficient (Wildman–Crippen LogP) is 0.261. The third-order valence-corrected chi connectivity index (χ3v) is 6.18. The van der Waals surface area contributed by atoms with Crippen molar-refractivity contribution in [3.63, 3.8) is 0 Å². The smallest absolute Gasteiger partial charge is 0.281 e. The Balaban J connectivity index is 1.66. The van der Waals surface area contributed by atoms with Crippen LogP contribution in [-0.4, -0.2) is 64.9 Å². The summed E-state index contributed by atoms with van der Waals surface area (Å²) in [6, 6.07) is 5.08. The number of fused-ring (bicyclic) bond motifs is 1. The minimum absolute atomic E-state index is 0.141. The number of rotatable bonds is 6. The highest BCUT2D eigenvalue weighted by Crippen LogP contribution is 2.25. The summed E-state index contributed by atoms with van der Waals surface area (Å²) in [7, 11) is -0.471. The van der Waals surface area contributed by atoms with Gasteiger partial charge in [-0.1, -0.05) is 0 Å². The molecule has 2 aromatic rings. The van der Waals surface area contributed by atoms with Gasteiger partial charge in [-0.05, 0) is 24.6 Å². The number of hydrogen-bond donors (Lipinski definition) is 1. The lowest BCUT2D eigenvalue weighted by atomic mass is 10.1. The van der Waals surface area contributed by atoms with Gasteiger partial charge in [0.25, 0.3) is 16.1 Å². The number of pyridine rings is 1. The Morgan fingerprint density at radius 3 is 2.85 bits per heavy atom. The van der Waals surface area contributed by atoms with Gasteiger partial charge in [0.2, 0.25) is 0 Å². The highest BCUT2D eigenvalue weighted by Gasteiger charge is 2.33. The first-order valence-electron chi connectivity index (χ1n) is 8.28. The molecular weight excluding hydrogens is 356 g/mol. The third-order valence-electron chi connectivity index (χ3n) is 4.33. The first kappa shape index (κ1) is 18.5. The molecule has 140 valence electrons. The summed E-state index contributed by atoms with van der Waals surface area (Å²) in [4.78, 5) is 16.0. The minimum Gasteiger partial charge on any atom is -0.352 e. The largest absolute Gasteiger partial charge is 0.352 e. The molecule has 0 saturated carbocycles. The van der Waals surface area contributed by atoms with Gasteiger partial charge in [0.1, 0.15) is 0 Å². The third kappa shape index (κ3) is 3.76. The molecule has 26 heavy (non-hydrogen) atoms. The van der Waals surface area contributed by atoms with Crippen LogP contribution in [-0.2, 0) is 16.8 Å². The van der Waals surface area contributed by atoms with E-state index in [0.717, 1.165) is 5.69 Å². The SMILES string of the molecule is CN(C)S(=O)(=O)N1Cc2ccnn2[C@H](CCNC(=O)c2cccnc2)C1. The summed E-state index contributed by atoms with van der Waals surface area (Å²) in [5, 5.41) is 7.16. The van der Waals surface area contributed by atoms with Gasteiger partial charge in [-0.15, -0.1) is 0 Å². The number of nitrogens with zero attached hydrogens (tertiary/aromatic N) is 5. The number of carbonyl (C=O) groups excluding carboxylic acids is 1. The highest BCUT2D eigenvalue weighted by atomic mass is 32.2. The topological polar surface area (TPSA) is 100 Å². The van der Waals surface area contributed by atoms with Crippen LogP contribution in [0.15, 0.2) is 36.8 Å². The van der Waals surface area contributed by atoms with Crippen molar-refractivity contribution in [3.8, 4) is 0 Å². The van der Waals surface area contributed by atoms with Crippen LogP contribution in [0.3, 0.4) is 0 Å². The van der Waals surface area contributed by atoms with E-state index in [1.807, 2.05) is 10.7 Å². The highest BCUT2D eigenvalue weighted by molar-refractivity contribution is 7.86. The van der Waals surface area contributed by atoms with E-state index >= 15 is 0 Å². The second-order valence-electron chi connectivity index (χ2n) is 6.29. The predicted molar refractivity (Wildman–Crippen MR) is 95.5 cm³/mol. The molecule has 9 nitrogen and oxygen atoms in total. The average Bonchev–Trinajstić information content (AvgIpc) is 3.11. The normalized spacial score (nSPS) is 17.9. The van der Waals surface area contributed by atoms with Crippen molar-refractivity contribution in [2.24, 2.45) is 0 Å². The van der Waals surface area contributed by atoms with Gasteiger partial charge in [-0.2, -0.15) is 22.1 Å². The van der Waals surface area contributed by atoms with Crippen LogP contribution >= 0.6 is 0 Å². The van der Waals surface area contributed by atoms with E-state index in [0.29, 0.717) is 31.6 Å². The Labute approximate surface area is 152 Å². The average molecular weight is 378 g/mol. The van der Waals surface area contributed by atoms with Crippen molar-refractivity contribution >= 4 is 16.1 Å². The van der Waals surface area contributed by atoms with Crippen molar-refractivity contribution in [1.29, 1.82) is 0 Å². The first-order valence-corrected chi connectivity index (χ1v) is 9.67. The van der Waals surface area contributed by atoms with E-state index in [-0.39, 0.29) is 11.9 Å². The number of amides is 1. The molecule has 0 unspecified atom stereocenters. The van der Waals surface area contributed by atoms with Gasteiger partial charge in [0.05, 0.1) is 23.8 Å². The van der Waals surface area contributed by atoms with Crippen LogP contribution < -0.4 is 5.32 Å². The molecule has 0 aromatic carbocycles. The van der Waals surface area contributed by atoms with Crippen molar-refractivity contribution in [2.75, 3.05) is 27.2 Å². The van der Waals surface area contributed by atoms with Crippen molar-refractivity contribution in [3.05, 3.63) is 48.0 Å². The Morgan fingerprint density at radius 2 is 2.15 bits per heavy atom. The van der Waals surface area contributed by atoms with Crippen LogP contribution in [0.4, 0.5) is 0 Å². The van der Waals surface area contributed by atoms with Crippen LogP contribution in [0.1, 0.15) is 28.5 Å². The molecular formula is C16H22N6O3S. The molecule has 1 aliphatic rings. The van der Waals surface area contributed by atoms with E-state index in [4.69, 9.17) is 0 Å². The molecule has 0 saturated heterocycles. The second-order valence-corrected chi connectivity index (χ2v) is 8.43. The molecule has 0 radical (unpaired) electrons. The standard InChI is InChI=1S/C16H22N6O3S/c1-20(2)26(24,25)21-11-14(22-15(12-21)6-9-19-22)5-8-18-16(23)13-4-3-7-17-10-13/h3-4,6-7,9-10,14H,5,8,11-12H2,1-2H3,(H,18,23)/t14-/m1/s1. The van der Waals surface area contributed by atoms with E-state index in [1.54, 1.807) is 24.5 Å². The van der Waals surface area contributed by atoms with E-state index in [9.17, 15) is 13.2 Å². The van der Waals surface area contributed by atoms with Gasteiger partial charge >= 0.3 is 0 Å². The minimum atomic E-state index is -3.51. The molecule has 1 aliphatic heterocycles. The van der Waals surface area contributed by atoms with Gasteiger partial charge in [0.15, 0.2) is 0 Å². The zero-order chi connectivity index (χ0) is 18.7. The quantitative estimate of drug-likeness (QED) is 0.777. The summed E-state index contributed by atoms with van der Waals surface area (Å²) in [6.07, 6.45) is 5.35. The number of hydrogen-bond acceptors (Lipinski definition) is 5. The maximum Gasteiger partial charge on any atom is 0.281 e. The number of nitrogens with one attached hydrogen (secondary N) is 1. The Hall–Kier alpha value is -2.30. The zero-order valence-corrected chi connectivity index (χ0v) is 15.6. The van der Waals surface area contributed by atoms with E-state index in [1.165, 1.54) is 28.9 Å². The van der Waals surface area contributed by atoms with Crippen LogP contribution in [0.5, 0.6) is 0 Å². The van der Waals surface area contributed by atoms with Gasteiger partial charge in [-0.25, -0.2) is 0 Å². The molecule has 0 bridgehead atoms. The Morgan fingerprint density at radius 1 is 1.35 bits per heavy atom. The molecule has 3 rings (SSSR count). The molecule has 0 fully saturated rings. The molecule has 1 N–H and O–H groups in total. The van der Waals surface area contributed by atoms with E-state index < -0.39 is 10.2 Å². The summed E-state index contributed by atoms with van der Waals surface area (Å²) in [5.74, 6) is -0.202. The number of carbonyl (C=O) groups is 1.